The number of nitrogens with zero attached hydrogens (tertiary/aromatic N) is 1. The van der Waals surface area contributed by atoms with E-state index in [0.717, 1.165) is 0 Å². The number of hydrogen-bond acceptors (Lipinski definition) is 0. The van der Waals surface area contributed by atoms with E-state index < -0.39 is 0 Å². The van der Waals surface area contributed by atoms with Crippen LogP contribution in [0.15, 0.2) is 91.0 Å². The number of rotatable bonds is 1. The Balaban J connectivity index is 1.84. The quantitative estimate of drug-likeness (QED) is 0.275. The molecule has 0 N–H and O–H groups in total. The first-order valence-corrected chi connectivity index (χ1v) is 10.8. The first-order valence-electron chi connectivity index (χ1n) is 10.8. The lowest BCUT2D eigenvalue weighted by atomic mass is 9.75. The van der Waals surface area contributed by atoms with Crippen LogP contribution in [0.5, 0.6) is 0 Å². The van der Waals surface area contributed by atoms with Gasteiger partial charge >= 0.3 is 0 Å². The molecule has 1 nitrogen and oxygen atoms in total. The molecule has 1 heterocycles. The monoisotopic (exact) mass is 387 g/mol. The Kier molecular flexibility index (Phi) is 3.56. The predicted octanol–water partition coefficient (Wildman–Crippen LogP) is 7.94. The van der Waals surface area contributed by atoms with Gasteiger partial charge < -0.3 is 4.57 Å². The van der Waals surface area contributed by atoms with E-state index in [1.54, 1.807) is 0 Å². The van der Waals surface area contributed by atoms with Gasteiger partial charge in [-0.2, -0.15) is 0 Å². The highest BCUT2D eigenvalue weighted by molar-refractivity contribution is 6.15. The van der Waals surface area contributed by atoms with Gasteiger partial charge in [0.2, 0.25) is 0 Å². The molecule has 4 aromatic carbocycles. The maximum Gasteiger partial charge on any atom is 0.0622 e. The fourth-order valence-electron chi connectivity index (χ4n) is 5.52. The third kappa shape index (κ3) is 2.29. The fraction of sp³-hybridized carbons (Fsp3) is 0.172. The Morgan fingerprint density at radius 1 is 0.633 bits per heavy atom. The zero-order valence-electron chi connectivity index (χ0n) is 17.7. The lowest BCUT2D eigenvalue weighted by Crippen LogP contribution is -2.17. The normalized spacial score (nSPS) is 15.5. The van der Waals surface area contributed by atoms with Crippen LogP contribution in [0, 0.1) is 5.41 Å². The minimum Gasteiger partial charge on any atom is -0.309 e. The van der Waals surface area contributed by atoms with Crippen molar-refractivity contribution in [3.05, 3.63) is 102 Å². The minimum atomic E-state index is 0.151. The van der Waals surface area contributed by atoms with Gasteiger partial charge in [0.15, 0.2) is 0 Å². The first kappa shape index (κ1) is 17.5. The van der Waals surface area contributed by atoms with Gasteiger partial charge in [-0.05, 0) is 40.3 Å². The second-order valence-electron chi connectivity index (χ2n) is 9.50. The third-order valence-corrected chi connectivity index (χ3v) is 6.60. The molecule has 1 heteroatoms. The van der Waals surface area contributed by atoms with E-state index in [2.05, 4.69) is 116 Å². The summed E-state index contributed by atoms with van der Waals surface area (Å²) in [5.74, 6) is 0.398. The summed E-state index contributed by atoms with van der Waals surface area (Å²) in [6.07, 6.45) is 0. The standard InChI is InChI=1S/C29H25N/c1-29(2,3)27-22-15-8-7-14-21(22)26-24(27)18-17-23-20-13-9-10-16-25(20)30(28(23)26)19-11-5-4-6-12-19/h4-18,27H,1-3H3. The molecule has 0 fully saturated rings. The van der Waals surface area contributed by atoms with Gasteiger partial charge in [0.1, 0.15) is 0 Å². The summed E-state index contributed by atoms with van der Waals surface area (Å²) in [6, 6.07) is 33.3. The highest BCUT2D eigenvalue weighted by atomic mass is 15.0. The van der Waals surface area contributed by atoms with E-state index in [4.69, 9.17) is 0 Å². The van der Waals surface area contributed by atoms with Crippen LogP contribution in [0.1, 0.15) is 37.8 Å². The molecule has 0 bridgehead atoms. The van der Waals surface area contributed by atoms with E-state index in [1.807, 2.05) is 0 Å². The molecule has 0 radical (unpaired) electrons. The SMILES string of the molecule is CC(C)(C)C1c2ccccc2-c2c1ccc1c3ccccc3n(-c3ccccc3)c21. The zero-order valence-corrected chi connectivity index (χ0v) is 17.7. The van der Waals surface area contributed by atoms with Crippen molar-refractivity contribution >= 4 is 21.8 Å². The summed E-state index contributed by atoms with van der Waals surface area (Å²) in [4.78, 5) is 0. The molecule has 1 aliphatic rings. The van der Waals surface area contributed by atoms with Crippen LogP contribution in [0.2, 0.25) is 0 Å². The molecular formula is C29H25N. The van der Waals surface area contributed by atoms with Crippen LogP contribution in [-0.4, -0.2) is 4.57 Å². The van der Waals surface area contributed by atoms with Crippen LogP contribution < -0.4 is 0 Å². The van der Waals surface area contributed by atoms with Gasteiger partial charge in [-0.15, -0.1) is 0 Å². The molecule has 30 heavy (non-hydrogen) atoms. The van der Waals surface area contributed by atoms with Crippen LogP contribution in [0.3, 0.4) is 0 Å². The minimum absolute atomic E-state index is 0.151. The summed E-state index contributed by atoms with van der Waals surface area (Å²) in [7, 11) is 0. The molecule has 0 saturated heterocycles. The molecule has 0 aliphatic heterocycles. The summed E-state index contributed by atoms with van der Waals surface area (Å²) in [6.45, 7) is 7.08. The maximum atomic E-state index is 2.46. The number of para-hydroxylation sites is 2. The van der Waals surface area contributed by atoms with Gasteiger partial charge in [-0.1, -0.05) is 93.6 Å². The molecule has 146 valence electrons. The van der Waals surface area contributed by atoms with Gasteiger partial charge in [-0.3, -0.25) is 0 Å². The molecule has 1 aliphatic carbocycles. The second kappa shape index (κ2) is 6.09. The van der Waals surface area contributed by atoms with E-state index >= 15 is 0 Å². The van der Waals surface area contributed by atoms with Crippen LogP contribution in [0.4, 0.5) is 0 Å². The lowest BCUT2D eigenvalue weighted by molar-refractivity contribution is 0.363. The fourth-order valence-corrected chi connectivity index (χ4v) is 5.52. The molecule has 1 atom stereocenters. The van der Waals surface area contributed by atoms with E-state index in [1.165, 1.54) is 49.7 Å². The number of hydrogen-bond donors (Lipinski definition) is 0. The van der Waals surface area contributed by atoms with Crippen LogP contribution in [-0.2, 0) is 0 Å². The zero-order chi connectivity index (χ0) is 20.5. The highest BCUT2D eigenvalue weighted by Crippen LogP contribution is 2.55. The first-order chi connectivity index (χ1) is 14.6. The van der Waals surface area contributed by atoms with Crippen molar-refractivity contribution in [3.63, 3.8) is 0 Å². The Labute approximate surface area is 177 Å². The van der Waals surface area contributed by atoms with Crippen molar-refractivity contribution in [2.24, 2.45) is 5.41 Å². The topological polar surface area (TPSA) is 4.93 Å². The van der Waals surface area contributed by atoms with Gasteiger partial charge in [0, 0.05) is 27.9 Å². The Hall–Kier alpha value is -3.32. The maximum absolute atomic E-state index is 2.46. The molecule has 0 saturated carbocycles. The second-order valence-corrected chi connectivity index (χ2v) is 9.50. The Morgan fingerprint density at radius 3 is 2.13 bits per heavy atom. The Bertz CT molecular complexity index is 1410. The third-order valence-electron chi connectivity index (χ3n) is 6.60. The largest absolute Gasteiger partial charge is 0.309 e. The van der Waals surface area contributed by atoms with E-state index in [0.29, 0.717) is 5.92 Å². The van der Waals surface area contributed by atoms with Crippen molar-refractivity contribution < 1.29 is 0 Å². The van der Waals surface area contributed by atoms with Crippen LogP contribution >= 0.6 is 0 Å². The van der Waals surface area contributed by atoms with Crippen molar-refractivity contribution in [1.82, 2.24) is 4.57 Å². The number of aromatic nitrogens is 1. The number of fused-ring (bicyclic) bond motifs is 7. The average Bonchev–Trinajstić information content (AvgIpc) is 3.27. The molecule has 1 unspecified atom stereocenters. The average molecular weight is 388 g/mol. The van der Waals surface area contributed by atoms with Crippen molar-refractivity contribution in [2.45, 2.75) is 26.7 Å². The van der Waals surface area contributed by atoms with E-state index in [-0.39, 0.29) is 5.41 Å². The smallest absolute Gasteiger partial charge is 0.0622 e. The van der Waals surface area contributed by atoms with Gasteiger partial charge in [-0.25, -0.2) is 0 Å². The number of benzene rings is 4. The molecule has 6 rings (SSSR count). The molecule has 5 aromatic rings. The van der Waals surface area contributed by atoms with E-state index in [9.17, 15) is 0 Å². The molecule has 1 aromatic heterocycles. The van der Waals surface area contributed by atoms with Crippen molar-refractivity contribution in [3.8, 4) is 16.8 Å². The van der Waals surface area contributed by atoms with Gasteiger partial charge in [0.25, 0.3) is 0 Å². The molecule has 0 amide bonds. The summed E-state index contributed by atoms with van der Waals surface area (Å²) >= 11 is 0. The lowest BCUT2D eigenvalue weighted by Gasteiger charge is -2.29. The van der Waals surface area contributed by atoms with Crippen molar-refractivity contribution in [1.29, 1.82) is 0 Å². The van der Waals surface area contributed by atoms with Crippen LogP contribution in [0.25, 0.3) is 38.6 Å². The van der Waals surface area contributed by atoms with Gasteiger partial charge in [0.05, 0.1) is 11.0 Å². The van der Waals surface area contributed by atoms with Crippen molar-refractivity contribution in [2.75, 3.05) is 0 Å². The summed E-state index contributed by atoms with van der Waals surface area (Å²) < 4.78 is 2.46. The molecular weight excluding hydrogens is 362 g/mol. The summed E-state index contributed by atoms with van der Waals surface area (Å²) in [5.41, 5.74) is 9.67. The molecule has 0 spiro atoms. The summed E-state index contributed by atoms with van der Waals surface area (Å²) in [5, 5.41) is 2.65. The highest BCUT2D eigenvalue weighted by Gasteiger charge is 2.38. The predicted molar refractivity (Wildman–Crippen MR) is 128 cm³/mol. The Morgan fingerprint density at radius 2 is 1.33 bits per heavy atom.